The standard InChI is InChI=1S/C16H20N2O3S/c1-4-11-9-12(16(19)21-5-2)15(22-11)18-14-7-6-10(20-3)8-13(14)17/h6-9,18H,4-5,17H2,1-3H3. The van der Waals surface area contributed by atoms with Crippen molar-refractivity contribution in [3.05, 3.63) is 34.7 Å². The molecule has 0 spiro atoms. The van der Waals surface area contributed by atoms with Crippen LogP contribution in [0.25, 0.3) is 0 Å². The molecule has 3 N–H and O–H groups in total. The number of carbonyl (C=O) groups excluding carboxylic acids is 1. The number of nitrogens with two attached hydrogens (primary N) is 1. The molecule has 0 fully saturated rings. The molecule has 0 aliphatic heterocycles. The number of nitrogens with one attached hydrogen (secondary N) is 1. The molecule has 1 aromatic heterocycles. The van der Waals surface area contributed by atoms with E-state index in [1.807, 2.05) is 25.1 Å². The highest BCUT2D eigenvalue weighted by atomic mass is 32.1. The number of hydrogen-bond donors (Lipinski definition) is 2. The average molecular weight is 320 g/mol. The summed E-state index contributed by atoms with van der Waals surface area (Å²) in [4.78, 5) is 13.2. The first-order valence-corrected chi connectivity index (χ1v) is 7.91. The summed E-state index contributed by atoms with van der Waals surface area (Å²) in [5.74, 6) is 0.363. The quantitative estimate of drug-likeness (QED) is 0.625. The lowest BCUT2D eigenvalue weighted by atomic mass is 10.2. The van der Waals surface area contributed by atoms with Crippen molar-refractivity contribution < 1.29 is 14.3 Å². The number of nitrogen functional groups attached to an aromatic ring is 1. The van der Waals surface area contributed by atoms with E-state index in [1.165, 1.54) is 11.3 Å². The highest BCUT2D eigenvalue weighted by Gasteiger charge is 2.17. The fourth-order valence-electron chi connectivity index (χ4n) is 1.97. The van der Waals surface area contributed by atoms with Crippen molar-refractivity contribution >= 4 is 33.7 Å². The van der Waals surface area contributed by atoms with E-state index in [1.54, 1.807) is 20.1 Å². The number of thiophene rings is 1. The van der Waals surface area contributed by atoms with Crippen molar-refractivity contribution in [2.24, 2.45) is 0 Å². The fraction of sp³-hybridized carbons (Fsp3) is 0.312. The molecule has 2 aromatic rings. The van der Waals surface area contributed by atoms with E-state index >= 15 is 0 Å². The molecule has 0 radical (unpaired) electrons. The Bertz CT molecular complexity index is 667. The minimum absolute atomic E-state index is 0.326. The topological polar surface area (TPSA) is 73.6 Å². The Morgan fingerprint density at radius 3 is 2.68 bits per heavy atom. The van der Waals surface area contributed by atoms with E-state index in [2.05, 4.69) is 5.32 Å². The van der Waals surface area contributed by atoms with Gasteiger partial charge in [-0.2, -0.15) is 0 Å². The smallest absolute Gasteiger partial charge is 0.341 e. The summed E-state index contributed by atoms with van der Waals surface area (Å²) in [7, 11) is 1.59. The van der Waals surface area contributed by atoms with E-state index in [-0.39, 0.29) is 5.97 Å². The first kappa shape index (κ1) is 16.2. The number of carbonyl (C=O) groups is 1. The van der Waals surface area contributed by atoms with Crippen LogP contribution < -0.4 is 15.8 Å². The molecule has 0 saturated carbocycles. The molecule has 1 aromatic carbocycles. The predicted octanol–water partition coefficient (Wildman–Crippen LogP) is 3.82. The molecule has 5 nitrogen and oxygen atoms in total. The summed E-state index contributed by atoms with van der Waals surface area (Å²) in [5.41, 5.74) is 7.84. The molecule has 0 aliphatic rings. The monoisotopic (exact) mass is 320 g/mol. The highest BCUT2D eigenvalue weighted by Crippen LogP contribution is 2.34. The Labute approximate surface area is 134 Å². The van der Waals surface area contributed by atoms with E-state index < -0.39 is 0 Å². The van der Waals surface area contributed by atoms with Gasteiger partial charge in [-0.15, -0.1) is 11.3 Å². The number of ether oxygens (including phenoxy) is 2. The summed E-state index contributed by atoms with van der Waals surface area (Å²) in [6, 6.07) is 7.25. The van der Waals surface area contributed by atoms with Gasteiger partial charge in [0.15, 0.2) is 0 Å². The molecule has 2 rings (SSSR count). The Morgan fingerprint density at radius 2 is 2.09 bits per heavy atom. The molecule has 0 atom stereocenters. The summed E-state index contributed by atoms with van der Waals surface area (Å²) < 4.78 is 10.2. The minimum Gasteiger partial charge on any atom is -0.497 e. The van der Waals surface area contributed by atoms with Crippen LogP contribution in [0.15, 0.2) is 24.3 Å². The first-order chi connectivity index (χ1) is 10.6. The lowest BCUT2D eigenvalue weighted by Gasteiger charge is -2.10. The Hall–Kier alpha value is -2.21. The third-order valence-electron chi connectivity index (χ3n) is 3.13. The van der Waals surface area contributed by atoms with E-state index in [0.29, 0.717) is 23.6 Å². The van der Waals surface area contributed by atoms with Crippen molar-refractivity contribution in [1.29, 1.82) is 0 Å². The van der Waals surface area contributed by atoms with Crippen molar-refractivity contribution in [1.82, 2.24) is 0 Å². The zero-order chi connectivity index (χ0) is 16.1. The molecule has 0 unspecified atom stereocenters. The Morgan fingerprint density at radius 1 is 1.32 bits per heavy atom. The van der Waals surface area contributed by atoms with Crippen LogP contribution in [-0.2, 0) is 11.2 Å². The number of methoxy groups -OCH3 is 1. The van der Waals surface area contributed by atoms with Gasteiger partial charge in [-0.25, -0.2) is 4.79 Å². The molecule has 1 heterocycles. The number of anilines is 3. The third kappa shape index (κ3) is 3.51. The van der Waals surface area contributed by atoms with E-state index in [4.69, 9.17) is 15.2 Å². The van der Waals surface area contributed by atoms with Crippen molar-refractivity contribution in [2.45, 2.75) is 20.3 Å². The van der Waals surface area contributed by atoms with Gasteiger partial charge in [0.05, 0.1) is 30.7 Å². The van der Waals surface area contributed by atoms with Crippen LogP contribution in [0.3, 0.4) is 0 Å². The largest absolute Gasteiger partial charge is 0.497 e. The molecule has 6 heteroatoms. The van der Waals surface area contributed by atoms with Crippen LogP contribution in [0.2, 0.25) is 0 Å². The van der Waals surface area contributed by atoms with Crippen LogP contribution in [0.1, 0.15) is 29.1 Å². The lowest BCUT2D eigenvalue weighted by molar-refractivity contribution is 0.0528. The maximum atomic E-state index is 12.1. The van der Waals surface area contributed by atoms with Gasteiger partial charge in [-0.3, -0.25) is 0 Å². The number of esters is 1. The summed E-state index contributed by atoms with van der Waals surface area (Å²) in [6.45, 7) is 4.19. The first-order valence-electron chi connectivity index (χ1n) is 7.09. The normalized spacial score (nSPS) is 10.3. The molecule has 118 valence electrons. The highest BCUT2D eigenvalue weighted by molar-refractivity contribution is 7.16. The van der Waals surface area contributed by atoms with Crippen LogP contribution in [0.5, 0.6) is 5.75 Å². The molecule has 0 aliphatic carbocycles. The third-order valence-corrected chi connectivity index (χ3v) is 4.33. The van der Waals surface area contributed by atoms with Crippen LogP contribution in [-0.4, -0.2) is 19.7 Å². The van der Waals surface area contributed by atoms with Crippen molar-refractivity contribution in [2.75, 3.05) is 24.8 Å². The van der Waals surface area contributed by atoms with Gasteiger partial charge < -0.3 is 20.5 Å². The van der Waals surface area contributed by atoms with Gasteiger partial charge in [-0.1, -0.05) is 6.92 Å². The van der Waals surface area contributed by atoms with Gasteiger partial charge >= 0.3 is 5.97 Å². The zero-order valence-corrected chi connectivity index (χ0v) is 13.8. The van der Waals surface area contributed by atoms with E-state index in [9.17, 15) is 4.79 Å². The molecule has 0 saturated heterocycles. The van der Waals surface area contributed by atoms with Crippen LogP contribution in [0.4, 0.5) is 16.4 Å². The van der Waals surface area contributed by atoms with Gasteiger partial charge in [0.1, 0.15) is 10.8 Å². The van der Waals surface area contributed by atoms with Crippen LogP contribution in [0, 0.1) is 0 Å². The maximum absolute atomic E-state index is 12.1. The van der Waals surface area contributed by atoms with Crippen LogP contribution >= 0.6 is 11.3 Å². The SMILES string of the molecule is CCOC(=O)c1cc(CC)sc1Nc1ccc(OC)cc1N. The zero-order valence-electron chi connectivity index (χ0n) is 12.9. The molecule has 0 amide bonds. The number of hydrogen-bond acceptors (Lipinski definition) is 6. The van der Waals surface area contributed by atoms with Gasteiger partial charge in [-0.05, 0) is 31.5 Å². The summed E-state index contributed by atoms with van der Waals surface area (Å²) in [6.07, 6.45) is 0.858. The van der Waals surface area contributed by atoms with Gasteiger partial charge in [0.2, 0.25) is 0 Å². The minimum atomic E-state index is -0.326. The maximum Gasteiger partial charge on any atom is 0.341 e. The number of benzene rings is 1. The van der Waals surface area contributed by atoms with Gasteiger partial charge in [0, 0.05) is 10.9 Å². The summed E-state index contributed by atoms with van der Waals surface area (Å²) >= 11 is 1.53. The fourth-order valence-corrected chi connectivity index (χ4v) is 2.97. The molecule has 0 bridgehead atoms. The van der Waals surface area contributed by atoms with Gasteiger partial charge in [0.25, 0.3) is 0 Å². The number of aryl methyl sites for hydroxylation is 1. The molecule has 22 heavy (non-hydrogen) atoms. The lowest BCUT2D eigenvalue weighted by Crippen LogP contribution is -2.06. The molecular weight excluding hydrogens is 300 g/mol. The van der Waals surface area contributed by atoms with Crippen molar-refractivity contribution in [3.8, 4) is 5.75 Å². The second-order valence-electron chi connectivity index (χ2n) is 4.61. The second kappa shape index (κ2) is 7.17. The second-order valence-corrected chi connectivity index (χ2v) is 5.74. The average Bonchev–Trinajstić information content (AvgIpc) is 2.92. The molecular formula is C16H20N2O3S. The summed E-state index contributed by atoms with van der Waals surface area (Å²) in [5, 5.41) is 3.97. The Balaban J connectivity index is 2.32. The predicted molar refractivity (Wildman–Crippen MR) is 90.3 cm³/mol. The number of rotatable bonds is 6. The van der Waals surface area contributed by atoms with Crippen molar-refractivity contribution in [3.63, 3.8) is 0 Å². The Kier molecular flexibility index (Phi) is 5.27. The van der Waals surface area contributed by atoms with E-state index in [0.717, 1.165) is 22.0 Å².